The highest BCUT2D eigenvalue weighted by Crippen LogP contribution is 2.20. The van der Waals surface area contributed by atoms with E-state index >= 15 is 0 Å². The van der Waals surface area contributed by atoms with Crippen LogP contribution in [0.15, 0.2) is 30.3 Å². The molecule has 118 valence electrons. The molecule has 1 amide bonds. The van der Waals surface area contributed by atoms with Crippen LogP contribution in [0, 0.1) is 11.3 Å². The molecule has 0 unspecified atom stereocenters. The maximum absolute atomic E-state index is 11.8. The van der Waals surface area contributed by atoms with Gasteiger partial charge in [0.15, 0.2) is 0 Å². The van der Waals surface area contributed by atoms with Gasteiger partial charge in [0, 0.05) is 6.08 Å². The lowest BCUT2D eigenvalue weighted by Crippen LogP contribution is -2.09. The molecular formula is C13H11N5O3S2. The van der Waals surface area contributed by atoms with Crippen molar-refractivity contribution in [2.24, 2.45) is 0 Å². The van der Waals surface area contributed by atoms with Crippen molar-refractivity contribution in [2.45, 2.75) is 0 Å². The molecule has 8 nitrogen and oxygen atoms in total. The van der Waals surface area contributed by atoms with Crippen molar-refractivity contribution < 1.29 is 13.2 Å². The highest BCUT2D eigenvalue weighted by Gasteiger charge is 2.09. The van der Waals surface area contributed by atoms with Gasteiger partial charge in [-0.15, -0.1) is 10.2 Å². The number of aromatic nitrogens is 2. The standard InChI is InChI=1S/C13H11N5O3S2/c1-23(20,21)18-13-17-16-12(22-13)15-11(19)7-6-9-4-2-3-5-10(9)8-14/h2-7H,1H3,(H,17,18)(H,15,16,19)/b7-6+. The molecule has 0 saturated heterocycles. The zero-order valence-electron chi connectivity index (χ0n) is 11.8. The van der Waals surface area contributed by atoms with Crippen LogP contribution in [-0.2, 0) is 14.8 Å². The molecule has 2 aromatic rings. The third-order valence-electron chi connectivity index (χ3n) is 2.42. The Balaban J connectivity index is 2.03. The number of rotatable bonds is 5. The summed E-state index contributed by atoms with van der Waals surface area (Å²) in [7, 11) is -3.45. The first-order valence-electron chi connectivity index (χ1n) is 6.17. The van der Waals surface area contributed by atoms with Crippen molar-refractivity contribution in [3.05, 3.63) is 41.5 Å². The maximum Gasteiger partial charge on any atom is 0.250 e. The SMILES string of the molecule is CS(=O)(=O)Nc1nnc(NC(=O)/C=C/c2ccccc2C#N)s1. The molecule has 0 radical (unpaired) electrons. The van der Waals surface area contributed by atoms with Gasteiger partial charge in [0.2, 0.25) is 26.2 Å². The van der Waals surface area contributed by atoms with E-state index in [-0.39, 0.29) is 10.3 Å². The van der Waals surface area contributed by atoms with E-state index in [0.29, 0.717) is 11.1 Å². The number of hydrogen-bond donors (Lipinski definition) is 2. The number of nitriles is 1. The van der Waals surface area contributed by atoms with Gasteiger partial charge in [-0.25, -0.2) is 8.42 Å². The largest absolute Gasteiger partial charge is 0.297 e. The van der Waals surface area contributed by atoms with E-state index in [1.54, 1.807) is 24.3 Å². The Morgan fingerprint density at radius 2 is 2.00 bits per heavy atom. The second-order valence-electron chi connectivity index (χ2n) is 4.31. The van der Waals surface area contributed by atoms with Crippen molar-refractivity contribution in [1.29, 1.82) is 5.26 Å². The minimum atomic E-state index is -3.45. The molecule has 0 atom stereocenters. The summed E-state index contributed by atoms with van der Waals surface area (Å²) >= 11 is 0.887. The number of carbonyl (C=O) groups excluding carboxylic acids is 1. The van der Waals surface area contributed by atoms with Gasteiger partial charge in [-0.3, -0.25) is 14.8 Å². The van der Waals surface area contributed by atoms with E-state index in [1.807, 2.05) is 6.07 Å². The van der Waals surface area contributed by atoms with Crippen LogP contribution in [0.4, 0.5) is 10.3 Å². The predicted molar refractivity (Wildman–Crippen MR) is 87.2 cm³/mol. The van der Waals surface area contributed by atoms with Gasteiger partial charge in [-0.05, 0) is 17.7 Å². The molecule has 1 heterocycles. The predicted octanol–water partition coefficient (Wildman–Crippen LogP) is 1.43. The summed E-state index contributed by atoms with van der Waals surface area (Å²) in [5, 5.41) is 18.9. The fourth-order valence-electron chi connectivity index (χ4n) is 1.53. The van der Waals surface area contributed by atoms with Gasteiger partial charge >= 0.3 is 0 Å². The Kier molecular flexibility index (Phi) is 5.05. The summed E-state index contributed by atoms with van der Waals surface area (Å²) in [6.07, 6.45) is 3.74. The first-order valence-corrected chi connectivity index (χ1v) is 8.87. The Morgan fingerprint density at radius 1 is 1.30 bits per heavy atom. The van der Waals surface area contributed by atoms with E-state index in [0.717, 1.165) is 17.6 Å². The summed E-state index contributed by atoms with van der Waals surface area (Å²) < 4.78 is 24.3. The first-order chi connectivity index (χ1) is 10.9. The fraction of sp³-hybridized carbons (Fsp3) is 0.0769. The van der Waals surface area contributed by atoms with Crippen molar-refractivity contribution >= 4 is 43.6 Å². The van der Waals surface area contributed by atoms with Crippen molar-refractivity contribution in [1.82, 2.24) is 10.2 Å². The Bertz CT molecular complexity index is 896. The van der Waals surface area contributed by atoms with Gasteiger partial charge in [-0.1, -0.05) is 29.5 Å². The van der Waals surface area contributed by atoms with E-state index < -0.39 is 15.9 Å². The number of amides is 1. The topological polar surface area (TPSA) is 125 Å². The first kappa shape index (κ1) is 16.6. The third-order valence-corrected chi connectivity index (χ3v) is 3.87. The normalized spacial score (nSPS) is 11.1. The Morgan fingerprint density at radius 3 is 2.70 bits per heavy atom. The van der Waals surface area contributed by atoms with Gasteiger partial charge < -0.3 is 0 Å². The van der Waals surface area contributed by atoms with Crippen molar-refractivity contribution in [3.8, 4) is 6.07 Å². The second kappa shape index (κ2) is 6.99. The molecule has 1 aromatic heterocycles. The lowest BCUT2D eigenvalue weighted by Gasteiger charge is -1.97. The molecule has 0 fully saturated rings. The molecule has 0 aliphatic carbocycles. The van der Waals surface area contributed by atoms with Gasteiger partial charge in [0.05, 0.1) is 17.9 Å². The van der Waals surface area contributed by atoms with Gasteiger partial charge in [0.1, 0.15) is 0 Å². The number of nitrogens with zero attached hydrogens (tertiary/aromatic N) is 3. The van der Waals surface area contributed by atoms with Crippen molar-refractivity contribution in [3.63, 3.8) is 0 Å². The lowest BCUT2D eigenvalue weighted by molar-refractivity contribution is -0.111. The van der Waals surface area contributed by atoms with Gasteiger partial charge in [0.25, 0.3) is 0 Å². The summed E-state index contributed by atoms with van der Waals surface area (Å²) in [5.41, 5.74) is 1.06. The Labute approximate surface area is 136 Å². The molecule has 23 heavy (non-hydrogen) atoms. The van der Waals surface area contributed by atoms with Crippen LogP contribution in [0.3, 0.4) is 0 Å². The third kappa shape index (κ3) is 5.17. The van der Waals surface area contributed by atoms with Crippen molar-refractivity contribution in [2.75, 3.05) is 16.3 Å². The van der Waals surface area contributed by atoms with Crippen LogP contribution in [0.25, 0.3) is 6.08 Å². The molecule has 0 bridgehead atoms. The molecule has 0 aliphatic heterocycles. The van der Waals surface area contributed by atoms with Crippen LogP contribution in [0.1, 0.15) is 11.1 Å². The van der Waals surface area contributed by atoms with Crippen LogP contribution in [0.2, 0.25) is 0 Å². The van der Waals surface area contributed by atoms with Gasteiger partial charge in [-0.2, -0.15) is 5.26 Å². The number of hydrogen-bond acceptors (Lipinski definition) is 7. The van der Waals surface area contributed by atoms with Crippen LogP contribution in [0.5, 0.6) is 0 Å². The molecule has 2 N–H and O–H groups in total. The fourth-order valence-corrected chi connectivity index (χ4v) is 3.01. The number of sulfonamides is 1. The Hall–Kier alpha value is -2.77. The minimum absolute atomic E-state index is 0.0570. The molecule has 2 rings (SSSR count). The van der Waals surface area contributed by atoms with E-state index in [2.05, 4.69) is 20.2 Å². The summed E-state index contributed by atoms with van der Waals surface area (Å²) in [6, 6.07) is 8.87. The van der Waals surface area contributed by atoms with E-state index in [1.165, 1.54) is 12.2 Å². The highest BCUT2D eigenvalue weighted by atomic mass is 32.2. The molecule has 0 aliphatic rings. The smallest absolute Gasteiger partial charge is 0.250 e. The molecule has 1 aromatic carbocycles. The zero-order valence-corrected chi connectivity index (χ0v) is 13.5. The molecular weight excluding hydrogens is 338 g/mol. The molecule has 0 spiro atoms. The summed E-state index contributed by atoms with van der Waals surface area (Å²) in [6.45, 7) is 0. The lowest BCUT2D eigenvalue weighted by atomic mass is 10.1. The quantitative estimate of drug-likeness (QED) is 0.787. The molecule has 10 heteroatoms. The summed E-state index contributed by atoms with van der Waals surface area (Å²) in [5.74, 6) is -0.472. The van der Waals surface area contributed by atoms with Crippen LogP contribution >= 0.6 is 11.3 Å². The number of anilines is 2. The maximum atomic E-state index is 11.8. The van der Waals surface area contributed by atoms with Crippen LogP contribution in [-0.4, -0.2) is 30.8 Å². The number of benzene rings is 1. The highest BCUT2D eigenvalue weighted by molar-refractivity contribution is 7.92. The monoisotopic (exact) mass is 349 g/mol. The van der Waals surface area contributed by atoms with E-state index in [4.69, 9.17) is 5.26 Å². The van der Waals surface area contributed by atoms with E-state index in [9.17, 15) is 13.2 Å². The average Bonchev–Trinajstić information content (AvgIpc) is 2.90. The second-order valence-corrected chi connectivity index (χ2v) is 7.03. The minimum Gasteiger partial charge on any atom is -0.297 e. The zero-order chi connectivity index (χ0) is 16.9. The average molecular weight is 349 g/mol. The molecule has 0 saturated carbocycles. The number of nitrogens with one attached hydrogen (secondary N) is 2. The summed E-state index contributed by atoms with van der Waals surface area (Å²) in [4.78, 5) is 11.8. The number of carbonyl (C=O) groups is 1. The van der Waals surface area contributed by atoms with Crippen LogP contribution < -0.4 is 10.0 Å².